The van der Waals surface area contributed by atoms with Gasteiger partial charge in [-0.3, -0.25) is 0 Å². The Hall–Kier alpha value is -0.0231. The molecule has 2 atom stereocenters. The van der Waals surface area contributed by atoms with E-state index in [4.69, 9.17) is 27.5 Å². The lowest BCUT2D eigenvalue weighted by Gasteiger charge is -2.23. The van der Waals surface area contributed by atoms with E-state index in [9.17, 15) is 0 Å². The fourth-order valence-corrected chi connectivity index (χ4v) is 3.31. The second kappa shape index (κ2) is 4.69. The minimum absolute atomic E-state index is 0.170. The lowest BCUT2D eigenvalue weighted by atomic mass is 10.5. The van der Waals surface area contributed by atoms with Crippen LogP contribution in [0.1, 0.15) is 6.42 Å². The lowest BCUT2D eigenvalue weighted by molar-refractivity contribution is 0.0466. The molecule has 2 fully saturated rings. The van der Waals surface area contributed by atoms with Gasteiger partial charge >= 0.3 is 8.80 Å². The molecule has 0 bridgehead atoms. The van der Waals surface area contributed by atoms with Crippen molar-refractivity contribution in [3.8, 4) is 0 Å². The fraction of sp³-hybridized carbons (Fsp3) is 1.00. The Balaban J connectivity index is 1.59. The Morgan fingerprint density at radius 2 is 1.88 bits per heavy atom. The number of ether oxygens (including phenoxy) is 3. The molecule has 1 spiro atoms. The van der Waals surface area contributed by atoms with E-state index in [-0.39, 0.29) is 12.1 Å². The quantitative estimate of drug-likeness (QED) is 0.352. The predicted molar refractivity (Wildman–Crippen MR) is 55.7 cm³/mol. The molecule has 16 heavy (non-hydrogen) atoms. The summed E-state index contributed by atoms with van der Waals surface area (Å²) in [7, 11) is 2.38. The zero-order valence-corrected chi connectivity index (χ0v) is 10.9. The van der Waals surface area contributed by atoms with Gasteiger partial charge in [0.05, 0.1) is 0 Å². The van der Waals surface area contributed by atoms with Gasteiger partial charge in [-0.15, -0.1) is 0 Å². The van der Waals surface area contributed by atoms with Crippen LogP contribution in [0.3, 0.4) is 0 Å². The molecule has 0 saturated carbocycles. The molecular formula is C9H18O6Si. The summed E-state index contributed by atoms with van der Waals surface area (Å²) in [6, 6.07) is 0.733. The smallest absolute Gasteiger partial charge is 0.377 e. The Labute approximate surface area is 96.1 Å². The Morgan fingerprint density at radius 1 is 1.25 bits per heavy atom. The average molecular weight is 250 g/mol. The van der Waals surface area contributed by atoms with Gasteiger partial charge in [0, 0.05) is 34.0 Å². The molecule has 2 heterocycles. The summed E-state index contributed by atoms with van der Waals surface area (Å²) in [5.41, 5.74) is 0. The van der Waals surface area contributed by atoms with Crippen LogP contribution < -0.4 is 0 Å². The molecule has 2 aliphatic heterocycles. The van der Waals surface area contributed by atoms with Gasteiger partial charge < -0.3 is 27.5 Å². The SMILES string of the molecule is CO[Si](CCCOC1OC12CO2)(OC)OC. The van der Waals surface area contributed by atoms with Gasteiger partial charge in [0.25, 0.3) is 0 Å². The normalized spacial score (nSPS) is 32.1. The van der Waals surface area contributed by atoms with Gasteiger partial charge in [0.2, 0.25) is 12.1 Å². The molecule has 7 heteroatoms. The summed E-state index contributed by atoms with van der Waals surface area (Å²) in [6.07, 6.45) is 0.647. The molecule has 2 saturated heterocycles. The van der Waals surface area contributed by atoms with Gasteiger partial charge in [0.15, 0.2) is 0 Å². The maximum Gasteiger partial charge on any atom is 0.500 e. The summed E-state index contributed by atoms with van der Waals surface area (Å²) < 4.78 is 31.6. The summed E-state index contributed by atoms with van der Waals surface area (Å²) in [4.78, 5) is 0. The minimum atomic E-state index is -2.44. The van der Waals surface area contributed by atoms with E-state index in [1.165, 1.54) is 0 Å². The van der Waals surface area contributed by atoms with E-state index in [2.05, 4.69) is 0 Å². The van der Waals surface area contributed by atoms with Gasteiger partial charge in [-0.2, -0.15) is 0 Å². The van der Waals surface area contributed by atoms with Gasteiger partial charge in [-0.25, -0.2) is 0 Å². The first-order valence-electron chi connectivity index (χ1n) is 5.29. The highest BCUT2D eigenvalue weighted by molar-refractivity contribution is 6.60. The minimum Gasteiger partial charge on any atom is -0.377 e. The van der Waals surface area contributed by atoms with Crippen molar-refractivity contribution in [1.29, 1.82) is 0 Å². The van der Waals surface area contributed by atoms with Crippen LogP contribution in [0.25, 0.3) is 0 Å². The van der Waals surface area contributed by atoms with Crippen LogP contribution in [0.15, 0.2) is 0 Å². The molecule has 0 aromatic rings. The zero-order chi connectivity index (χ0) is 11.6. The van der Waals surface area contributed by atoms with E-state index in [1.54, 1.807) is 21.3 Å². The van der Waals surface area contributed by atoms with Crippen LogP contribution in [-0.2, 0) is 27.5 Å². The van der Waals surface area contributed by atoms with Gasteiger partial charge in [-0.05, 0) is 6.42 Å². The van der Waals surface area contributed by atoms with Gasteiger partial charge in [0.1, 0.15) is 6.61 Å². The Kier molecular flexibility index (Phi) is 3.64. The number of epoxide rings is 2. The average Bonchev–Trinajstić information content (AvgIpc) is 3.22. The molecule has 0 amide bonds. The fourth-order valence-electron chi connectivity index (χ4n) is 1.62. The molecule has 2 aliphatic rings. The molecule has 0 aliphatic carbocycles. The summed E-state index contributed by atoms with van der Waals surface area (Å²) in [5, 5.41) is 0. The van der Waals surface area contributed by atoms with Crippen LogP contribution >= 0.6 is 0 Å². The number of hydrogen-bond acceptors (Lipinski definition) is 6. The van der Waals surface area contributed by atoms with E-state index in [0.717, 1.165) is 12.5 Å². The zero-order valence-electron chi connectivity index (χ0n) is 9.86. The Morgan fingerprint density at radius 3 is 2.31 bits per heavy atom. The van der Waals surface area contributed by atoms with Crippen molar-refractivity contribution in [3.05, 3.63) is 0 Å². The molecule has 0 N–H and O–H groups in total. The molecular weight excluding hydrogens is 232 g/mol. The maximum atomic E-state index is 5.47. The summed E-state index contributed by atoms with van der Waals surface area (Å²) >= 11 is 0. The Bertz CT molecular complexity index is 232. The first-order valence-corrected chi connectivity index (χ1v) is 7.22. The second-order valence-corrected chi connectivity index (χ2v) is 6.91. The molecule has 0 aromatic heterocycles. The van der Waals surface area contributed by atoms with E-state index in [1.807, 2.05) is 0 Å². The lowest BCUT2D eigenvalue weighted by Crippen LogP contribution is -2.42. The molecule has 0 aromatic carbocycles. The number of hydrogen-bond donors (Lipinski definition) is 0. The van der Waals surface area contributed by atoms with Crippen LogP contribution in [0.2, 0.25) is 6.04 Å². The molecule has 2 rings (SSSR count). The second-order valence-electron chi connectivity index (χ2n) is 3.82. The largest absolute Gasteiger partial charge is 0.500 e. The van der Waals surface area contributed by atoms with E-state index < -0.39 is 8.80 Å². The number of rotatable bonds is 8. The van der Waals surface area contributed by atoms with Crippen molar-refractivity contribution in [2.75, 3.05) is 34.5 Å². The predicted octanol–water partition coefficient (Wildman–Crippen LogP) is 0.354. The van der Waals surface area contributed by atoms with Crippen LogP contribution in [-0.4, -0.2) is 55.4 Å². The highest BCUT2D eigenvalue weighted by atomic mass is 28.4. The van der Waals surface area contributed by atoms with Crippen molar-refractivity contribution in [2.45, 2.75) is 24.5 Å². The first-order chi connectivity index (χ1) is 7.70. The van der Waals surface area contributed by atoms with Crippen LogP contribution in [0.4, 0.5) is 0 Å². The van der Waals surface area contributed by atoms with Crippen LogP contribution in [0, 0.1) is 0 Å². The van der Waals surface area contributed by atoms with Crippen molar-refractivity contribution in [1.82, 2.24) is 0 Å². The third-order valence-corrected chi connectivity index (χ3v) is 5.70. The highest BCUT2D eigenvalue weighted by Crippen LogP contribution is 2.49. The summed E-state index contributed by atoms with van der Waals surface area (Å²) in [6.45, 7) is 1.26. The molecule has 6 nitrogen and oxygen atoms in total. The maximum absolute atomic E-state index is 5.47. The van der Waals surface area contributed by atoms with Gasteiger partial charge in [-0.1, -0.05) is 0 Å². The van der Waals surface area contributed by atoms with Crippen LogP contribution in [0.5, 0.6) is 0 Å². The van der Waals surface area contributed by atoms with Crippen molar-refractivity contribution in [2.24, 2.45) is 0 Å². The van der Waals surface area contributed by atoms with Crippen molar-refractivity contribution in [3.63, 3.8) is 0 Å². The topological polar surface area (TPSA) is 62.0 Å². The first kappa shape index (κ1) is 12.4. The highest BCUT2D eigenvalue weighted by Gasteiger charge is 2.70. The molecule has 2 unspecified atom stereocenters. The van der Waals surface area contributed by atoms with Crippen molar-refractivity contribution >= 4 is 8.80 Å². The third-order valence-electron chi connectivity index (χ3n) is 2.87. The summed E-state index contributed by atoms with van der Waals surface area (Å²) in [5.74, 6) is -0.363. The standard InChI is InChI=1S/C9H18O6Si/c1-10-16(11-2,12-3)6-4-5-13-8-9(15-8)7-14-9/h8H,4-7H2,1-3H3. The van der Waals surface area contributed by atoms with Crippen molar-refractivity contribution < 1.29 is 27.5 Å². The molecule has 94 valence electrons. The third kappa shape index (κ3) is 2.45. The van der Waals surface area contributed by atoms with E-state index >= 15 is 0 Å². The van der Waals surface area contributed by atoms with E-state index in [0.29, 0.717) is 13.2 Å². The monoisotopic (exact) mass is 250 g/mol. The molecule has 0 radical (unpaired) electrons.